The number of rotatable bonds is 10. The van der Waals surface area contributed by atoms with Gasteiger partial charge in [-0.2, -0.15) is 0 Å². The molecule has 0 radical (unpaired) electrons. The second-order valence-electron chi connectivity index (χ2n) is 20.3. The predicted octanol–water partition coefficient (Wildman–Crippen LogP) is 19.4. The first kappa shape index (κ1) is 46.5. The summed E-state index contributed by atoms with van der Waals surface area (Å²) in [6, 6.07) is 106. The van der Waals surface area contributed by atoms with Crippen molar-refractivity contribution >= 4 is 43.6 Å². The van der Waals surface area contributed by atoms with E-state index in [0.717, 1.165) is 94.5 Å². The normalized spacial score (nSPS) is 11.5. The molecule has 0 aliphatic carbocycles. The van der Waals surface area contributed by atoms with Crippen LogP contribution in [0.4, 0.5) is 0 Å². The molecule has 0 atom stereocenters. The zero-order valence-electron chi connectivity index (χ0n) is 43.5. The van der Waals surface area contributed by atoms with E-state index in [1.54, 1.807) is 0 Å². The first-order valence-corrected chi connectivity index (χ1v) is 27.2. The molecule has 0 N–H and O–H groups in total. The van der Waals surface area contributed by atoms with Gasteiger partial charge in [0, 0.05) is 43.9 Å². The molecule has 12 aromatic carbocycles. The molecule has 0 spiro atoms. The van der Waals surface area contributed by atoms with E-state index in [-0.39, 0.29) is 0 Å². The number of hydrogen-bond donors (Lipinski definition) is 0. The highest BCUT2D eigenvalue weighted by molar-refractivity contribution is 6.22. The largest absolute Gasteiger partial charge is 0.309 e. The van der Waals surface area contributed by atoms with Crippen molar-refractivity contribution < 1.29 is 0 Å². The predicted molar refractivity (Wildman–Crippen MR) is 332 cm³/mol. The number of nitrogens with zero attached hydrogens (tertiary/aromatic N) is 5. The van der Waals surface area contributed by atoms with Crippen LogP contribution in [0.15, 0.2) is 297 Å². The Kier molecular flexibility index (Phi) is 11.4. The van der Waals surface area contributed by atoms with Gasteiger partial charge in [0.25, 0.3) is 0 Å². The maximum Gasteiger partial charge on any atom is 0.166 e. The highest BCUT2D eigenvalue weighted by atomic mass is 15.1. The Bertz CT molecular complexity index is 4800. The third-order valence-corrected chi connectivity index (χ3v) is 15.6. The molecular weight excluding hydrogens is 971 g/mol. The molecule has 0 aliphatic heterocycles. The summed E-state index contributed by atoms with van der Waals surface area (Å²) in [7, 11) is 0. The molecule has 0 amide bonds. The standard InChI is InChI=1S/C75H49N5/c1-6-23-50(24-7-1)54-31-20-32-57(47-54)73-76-74(62-36-17-16-35-59(62)53-29-12-4-13-30-53)78-75(77-73)65-46-44-56(52-27-10-3-11-28-52)49-70(65)80-66-40-19-18-37-63(66)71-60(39-22-42-68(71)80)61-38-21-41-67-72(61)64-45-43-55(51-25-8-2-9-26-51)48-69(64)79(67)58-33-14-5-15-34-58/h1-49H. The minimum atomic E-state index is 0.572. The van der Waals surface area contributed by atoms with Crippen LogP contribution in [0, 0.1) is 0 Å². The lowest BCUT2D eigenvalue weighted by molar-refractivity contribution is 1.06. The molecule has 15 rings (SSSR count). The summed E-state index contributed by atoms with van der Waals surface area (Å²) < 4.78 is 4.87. The van der Waals surface area contributed by atoms with Crippen molar-refractivity contribution in [3.8, 4) is 101 Å². The summed E-state index contributed by atoms with van der Waals surface area (Å²) in [5.41, 5.74) is 20.5. The molecule has 5 nitrogen and oxygen atoms in total. The molecule has 0 fully saturated rings. The van der Waals surface area contributed by atoms with E-state index in [0.29, 0.717) is 17.5 Å². The average Bonchev–Trinajstić information content (AvgIpc) is 4.12. The zero-order chi connectivity index (χ0) is 52.9. The van der Waals surface area contributed by atoms with Crippen molar-refractivity contribution in [1.82, 2.24) is 24.1 Å². The third kappa shape index (κ3) is 8.07. The van der Waals surface area contributed by atoms with E-state index < -0.39 is 0 Å². The van der Waals surface area contributed by atoms with Gasteiger partial charge in [-0.15, -0.1) is 0 Å². The lowest BCUT2D eigenvalue weighted by Crippen LogP contribution is -2.04. The van der Waals surface area contributed by atoms with Crippen LogP contribution >= 0.6 is 0 Å². The van der Waals surface area contributed by atoms with Gasteiger partial charge in [-0.1, -0.05) is 243 Å². The quantitative estimate of drug-likeness (QED) is 0.137. The highest BCUT2D eigenvalue weighted by Crippen LogP contribution is 2.46. The van der Waals surface area contributed by atoms with Crippen LogP contribution in [0.25, 0.3) is 145 Å². The fourth-order valence-corrected chi connectivity index (χ4v) is 11.9. The molecule has 3 heterocycles. The lowest BCUT2D eigenvalue weighted by atomic mass is 9.95. The first-order valence-electron chi connectivity index (χ1n) is 27.2. The van der Waals surface area contributed by atoms with E-state index in [9.17, 15) is 0 Å². The molecule has 0 saturated heterocycles. The monoisotopic (exact) mass is 1020 g/mol. The van der Waals surface area contributed by atoms with Gasteiger partial charge in [-0.25, -0.2) is 15.0 Å². The molecule has 15 aromatic rings. The van der Waals surface area contributed by atoms with Crippen LogP contribution in [0.1, 0.15) is 0 Å². The molecule has 3 aromatic heterocycles. The van der Waals surface area contributed by atoms with Gasteiger partial charge in [0.2, 0.25) is 0 Å². The second kappa shape index (κ2) is 19.7. The Labute approximate surface area is 463 Å². The number of para-hydroxylation sites is 2. The summed E-state index contributed by atoms with van der Waals surface area (Å²) in [5.74, 6) is 1.76. The third-order valence-electron chi connectivity index (χ3n) is 15.6. The summed E-state index contributed by atoms with van der Waals surface area (Å²) in [6.07, 6.45) is 0. The van der Waals surface area contributed by atoms with Crippen LogP contribution in [0.5, 0.6) is 0 Å². The van der Waals surface area contributed by atoms with Gasteiger partial charge in [0.05, 0.1) is 27.8 Å². The summed E-state index contributed by atoms with van der Waals surface area (Å²) in [4.78, 5) is 16.4. The van der Waals surface area contributed by atoms with E-state index in [1.165, 1.54) is 32.8 Å². The molecular formula is C75H49N5. The van der Waals surface area contributed by atoms with Crippen LogP contribution in [-0.2, 0) is 0 Å². The smallest absolute Gasteiger partial charge is 0.166 e. The Balaban J connectivity index is 0.993. The molecule has 0 saturated carbocycles. The van der Waals surface area contributed by atoms with E-state index in [1.807, 2.05) is 6.07 Å². The zero-order valence-corrected chi connectivity index (χ0v) is 43.5. The first-order chi connectivity index (χ1) is 39.7. The minimum Gasteiger partial charge on any atom is -0.309 e. The second-order valence-corrected chi connectivity index (χ2v) is 20.3. The van der Waals surface area contributed by atoms with Crippen LogP contribution < -0.4 is 0 Å². The van der Waals surface area contributed by atoms with Gasteiger partial charge in [0.15, 0.2) is 17.5 Å². The van der Waals surface area contributed by atoms with Gasteiger partial charge < -0.3 is 9.13 Å². The van der Waals surface area contributed by atoms with Gasteiger partial charge in [0.1, 0.15) is 0 Å². The minimum absolute atomic E-state index is 0.572. The van der Waals surface area contributed by atoms with Crippen LogP contribution in [0.2, 0.25) is 0 Å². The van der Waals surface area contributed by atoms with Gasteiger partial charge in [-0.05, 0) is 110 Å². The maximum absolute atomic E-state index is 5.54. The van der Waals surface area contributed by atoms with Crippen LogP contribution in [0.3, 0.4) is 0 Å². The Morgan fingerprint density at radius 3 is 1.29 bits per heavy atom. The number of fused-ring (bicyclic) bond motifs is 6. The molecule has 374 valence electrons. The van der Waals surface area contributed by atoms with E-state index in [2.05, 4.69) is 300 Å². The SMILES string of the molecule is c1ccc(-c2cccc(-c3nc(-c4ccccc4-c4ccccc4)nc(-c4ccc(-c5ccccc5)cc4-n4c5ccccc5c5c(-c6cccc7c6c6ccc(-c8ccccc8)cc6n7-c6ccccc6)cccc54)n3)c2)cc1. The van der Waals surface area contributed by atoms with Gasteiger partial charge in [-0.3, -0.25) is 0 Å². The number of hydrogen-bond acceptors (Lipinski definition) is 3. The summed E-state index contributed by atoms with van der Waals surface area (Å²) in [6.45, 7) is 0. The van der Waals surface area contributed by atoms with Crippen molar-refractivity contribution in [2.45, 2.75) is 0 Å². The molecule has 80 heavy (non-hydrogen) atoms. The van der Waals surface area contributed by atoms with Crippen molar-refractivity contribution in [2.75, 3.05) is 0 Å². The van der Waals surface area contributed by atoms with E-state index in [4.69, 9.17) is 15.0 Å². The molecule has 0 bridgehead atoms. The number of benzene rings is 12. The fraction of sp³-hybridized carbons (Fsp3) is 0. The molecule has 5 heteroatoms. The molecule has 0 unspecified atom stereocenters. The Hall–Kier alpha value is -10.8. The van der Waals surface area contributed by atoms with Crippen molar-refractivity contribution in [2.24, 2.45) is 0 Å². The Morgan fingerprint density at radius 1 is 0.212 bits per heavy atom. The maximum atomic E-state index is 5.54. The summed E-state index contributed by atoms with van der Waals surface area (Å²) >= 11 is 0. The van der Waals surface area contributed by atoms with Gasteiger partial charge >= 0.3 is 0 Å². The van der Waals surface area contributed by atoms with Crippen molar-refractivity contribution in [1.29, 1.82) is 0 Å². The number of aromatic nitrogens is 5. The average molecular weight is 1020 g/mol. The van der Waals surface area contributed by atoms with Crippen LogP contribution in [-0.4, -0.2) is 24.1 Å². The van der Waals surface area contributed by atoms with Crippen molar-refractivity contribution in [3.63, 3.8) is 0 Å². The van der Waals surface area contributed by atoms with E-state index >= 15 is 0 Å². The van der Waals surface area contributed by atoms with Crippen molar-refractivity contribution in [3.05, 3.63) is 297 Å². The molecule has 0 aliphatic rings. The highest BCUT2D eigenvalue weighted by Gasteiger charge is 2.25. The Morgan fingerprint density at radius 2 is 0.637 bits per heavy atom. The summed E-state index contributed by atoms with van der Waals surface area (Å²) in [5, 5.41) is 4.72. The lowest BCUT2D eigenvalue weighted by Gasteiger charge is -2.17. The topological polar surface area (TPSA) is 48.5 Å². The fourth-order valence-electron chi connectivity index (χ4n) is 11.9.